The lowest BCUT2D eigenvalue weighted by Gasteiger charge is -2.11. The van der Waals surface area contributed by atoms with Crippen LogP contribution in [0.15, 0.2) is 24.3 Å². The van der Waals surface area contributed by atoms with Crippen molar-refractivity contribution in [3.8, 4) is 6.07 Å². The average molecular weight is 280 g/mol. The van der Waals surface area contributed by atoms with Crippen LogP contribution in [0.4, 0.5) is 0 Å². The summed E-state index contributed by atoms with van der Waals surface area (Å²) in [7, 11) is -3.34. The highest BCUT2D eigenvalue weighted by atomic mass is 32.2. The van der Waals surface area contributed by atoms with E-state index in [0.29, 0.717) is 12.2 Å². The van der Waals surface area contributed by atoms with E-state index >= 15 is 0 Å². The molecule has 0 radical (unpaired) electrons. The van der Waals surface area contributed by atoms with E-state index in [1.807, 2.05) is 6.07 Å². The van der Waals surface area contributed by atoms with Gasteiger partial charge in [0.1, 0.15) is 0 Å². The molecule has 19 heavy (non-hydrogen) atoms. The summed E-state index contributed by atoms with van der Waals surface area (Å²) in [6.07, 6.45) is 1.53. The summed E-state index contributed by atoms with van der Waals surface area (Å²) in [5.74, 6) is 0.00490. The van der Waals surface area contributed by atoms with E-state index in [1.165, 1.54) is 0 Å². The summed E-state index contributed by atoms with van der Waals surface area (Å²) in [5.41, 5.74) is 1.30. The SMILES string of the molecule is N#Cc1cccc(CNS(=O)(=O)CC2CCCO2)c1. The van der Waals surface area contributed by atoms with E-state index in [4.69, 9.17) is 10.00 Å². The van der Waals surface area contributed by atoms with Gasteiger partial charge in [-0.15, -0.1) is 0 Å². The fourth-order valence-corrected chi connectivity index (χ4v) is 3.28. The number of hydrogen-bond donors (Lipinski definition) is 1. The van der Waals surface area contributed by atoms with Crippen LogP contribution in [0.5, 0.6) is 0 Å². The summed E-state index contributed by atoms with van der Waals surface area (Å²) in [4.78, 5) is 0. The molecule has 1 aliphatic heterocycles. The van der Waals surface area contributed by atoms with Crippen molar-refractivity contribution in [1.29, 1.82) is 5.26 Å². The first-order chi connectivity index (χ1) is 9.09. The molecule has 1 saturated heterocycles. The number of nitriles is 1. The molecule has 1 fully saturated rings. The monoisotopic (exact) mass is 280 g/mol. The summed E-state index contributed by atoms with van der Waals surface area (Å²) in [6, 6.07) is 8.91. The molecule has 1 N–H and O–H groups in total. The Bertz CT molecular complexity index is 572. The lowest BCUT2D eigenvalue weighted by Crippen LogP contribution is -2.31. The van der Waals surface area contributed by atoms with Crippen LogP contribution in [0.3, 0.4) is 0 Å². The second kappa shape index (κ2) is 6.15. The molecule has 1 heterocycles. The molecule has 1 atom stereocenters. The largest absolute Gasteiger partial charge is 0.377 e. The van der Waals surface area contributed by atoms with Gasteiger partial charge in [-0.05, 0) is 30.5 Å². The fourth-order valence-electron chi connectivity index (χ4n) is 2.02. The molecule has 0 amide bonds. The lowest BCUT2D eigenvalue weighted by molar-refractivity contribution is 0.127. The molecule has 1 aromatic carbocycles. The van der Waals surface area contributed by atoms with Crippen LogP contribution in [0.25, 0.3) is 0 Å². The first-order valence-corrected chi connectivity index (χ1v) is 7.82. The van der Waals surface area contributed by atoms with Gasteiger partial charge in [0.15, 0.2) is 0 Å². The molecule has 1 aliphatic rings. The van der Waals surface area contributed by atoms with Gasteiger partial charge < -0.3 is 4.74 Å². The van der Waals surface area contributed by atoms with E-state index in [0.717, 1.165) is 18.4 Å². The quantitative estimate of drug-likeness (QED) is 0.877. The molecular formula is C13H16N2O3S. The number of ether oxygens (including phenoxy) is 1. The van der Waals surface area contributed by atoms with Crippen LogP contribution in [0, 0.1) is 11.3 Å². The topological polar surface area (TPSA) is 79.2 Å². The molecule has 0 aliphatic carbocycles. The molecular weight excluding hydrogens is 264 g/mol. The molecule has 0 saturated carbocycles. The van der Waals surface area contributed by atoms with Crippen molar-refractivity contribution in [2.75, 3.05) is 12.4 Å². The fraction of sp³-hybridized carbons (Fsp3) is 0.462. The molecule has 2 rings (SSSR count). The molecule has 5 nitrogen and oxygen atoms in total. The van der Waals surface area contributed by atoms with E-state index in [9.17, 15) is 8.42 Å². The Morgan fingerprint density at radius 3 is 3.00 bits per heavy atom. The molecule has 0 spiro atoms. The third-order valence-electron chi connectivity index (χ3n) is 2.98. The van der Waals surface area contributed by atoms with E-state index in [-0.39, 0.29) is 18.4 Å². The number of sulfonamides is 1. The minimum Gasteiger partial charge on any atom is -0.377 e. The van der Waals surface area contributed by atoms with Crippen molar-refractivity contribution in [2.45, 2.75) is 25.5 Å². The number of nitrogens with one attached hydrogen (secondary N) is 1. The molecule has 1 aromatic rings. The summed E-state index contributed by atoms with van der Waals surface area (Å²) < 4.78 is 31.6. The maximum absolute atomic E-state index is 11.9. The molecule has 0 aromatic heterocycles. The third-order valence-corrected chi connectivity index (χ3v) is 4.38. The molecule has 1 unspecified atom stereocenters. The second-order valence-electron chi connectivity index (χ2n) is 4.55. The smallest absolute Gasteiger partial charge is 0.214 e. The van der Waals surface area contributed by atoms with Gasteiger partial charge in [-0.1, -0.05) is 12.1 Å². The Balaban J connectivity index is 1.91. The number of hydrogen-bond acceptors (Lipinski definition) is 4. The van der Waals surface area contributed by atoms with Crippen molar-refractivity contribution in [3.63, 3.8) is 0 Å². The minimum atomic E-state index is -3.34. The van der Waals surface area contributed by atoms with Gasteiger partial charge in [0.05, 0.1) is 23.5 Å². The van der Waals surface area contributed by atoms with Crippen molar-refractivity contribution in [2.24, 2.45) is 0 Å². The van der Waals surface area contributed by atoms with Crippen molar-refractivity contribution < 1.29 is 13.2 Å². The summed E-state index contributed by atoms with van der Waals surface area (Å²) in [5, 5.41) is 8.77. The van der Waals surface area contributed by atoms with Gasteiger partial charge >= 0.3 is 0 Å². The zero-order chi connectivity index (χ0) is 13.7. The number of benzene rings is 1. The Hall–Kier alpha value is -1.42. The van der Waals surface area contributed by atoms with Gasteiger partial charge in [-0.3, -0.25) is 0 Å². The zero-order valence-corrected chi connectivity index (χ0v) is 11.3. The average Bonchev–Trinajstić information content (AvgIpc) is 2.89. The van der Waals surface area contributed by atoms with Crippen LogP contribution in [0.1, 0.15) is 24.0 Å². The molecule has 6 heteroatoms. The van der Waals surface area contributed by atoms with E-state index in [1.54, 1.807) is 24.3 Å². The van der Waals surface area contributed by atoms with Crippen molar-refractivity contribution >= 4 is 10.0 Å². The Morgan fingerprint density at radius 2 is 2.32 bits per heavy atom. The van der Waals surface area contributed by atoms with Gasteiger partial charge in [0, 0.05) is 13.2 Å². The van der Waals surface area contributed by atoms with E-state index in [2.05, 4.69) is 4.72 Å². The predicted molar refractivity (Wildman–Crippen MR) is 70.8 cm³/mol. The molecule has 0 bridgehead atoms. The maximum Gasteiger partial charge on any atom is 0.214 e. The Morgan fingerprint density at radius 1 is 1.47 bits per heavy atom. The standard InChI is InChI=1S/C13H16N2O3S/c14-8-11-3-1-4-12(7-11)9-15-19(16,17)10-13-5-2-6-18-13/h1,3-4,7,13,15H,2,5-6,9-10H2. The van der Waals surface area contributed by atoms with Gasteiger partial charge in [0.2, 0.25) is 10.0 Å². The van der Waals surface area contributed by atoms with Gasteiger partial charge in [-0.25, -0.2) is 13.1 Å². The van der Waals surface area contributed by atoms with Crippen molar-refractivity contribution in [1.82, 2.24) is 4.72 Å². The van der Waals surface area contributed by atoms with Crippen LogP contribution in [-0.4, -0.2) is 26.9 Å². The van der Waals surface area contributed by atoms with Crippen molar-refractivity contribution in [3.05, 3.63) is 35.4 Å². The van der Waals surface area contributed by atoms with E-state index < -0.39 is 10.0 Å². The van der Waals surface area contributed by atoms with Crippen LogP contribution >= 0.6 is 0 Å². The highest BCUT2D eigenvalue weighted by molar-refractivity contribution is 7.89. The normalized spacial score (nSPS) is 19.2. The van der Waals surface area contributed by atoms with Crippen LogP contribution in [-0.2, 0) is 21.3 Å². The molecule has 102 valence electrons. The summed E-state index contributed by atoms with van der Waals surface area (Å²) >= 11 is 0. The minimum absolute atomic E-state index is 0.00490. The third kappa shape index (κ3) is 4.31. The zero-order valence-electron chi connectivity index (χ0n) is 10.5. The predicted octanol–water partition coefficient (Wildman–Crippen LogP) is 1.16. The van der Waals surface area contributed by atoms with Gasteiger partial charge in [-0.2, -0.15) is 5.26 Å². The number of rotatable bonds is 5. The lowest BCUT2D eigenvalue weighted by atomic mass is 10.1. The first-order valence-electron chi connectivity index (χ1n) is 6.17. The Labute approximate surface area is 113 Å². The Kier molecular flexibility index (Phi) is 4.53. The van der Waals surface area contributed by atoms with Crippen LogP contribution in [0.2, 0.25) is 0 Å². The number of nitrogens with zero attached hydrogens (tertiary/aromatic N) is 1. The highest BCUT2D eigenvalue weighted by Crippen LogP contribution is 2.13. The summed E-state index contributed by atoms with van der Waals surface area (Å²) in [6.45, 7) is 0.842. The second-order valence-corrected chi connectivity index (χ2v) is 6.40. The van der Waals surface area contributed by atoms with Crippen LogP contribution < -0.4 is 4.72 Å². The maximum atomic E-state index is 11.9. The van der Waals surface area contributed by atoms with Gasteiger partial charge in [0.25, 0.3) is 0 Å². The first kappa shape index (κ1) is 14.0. The highest BCUT2D eigenvalue weighted by Gasteiger charge is 2.22.